The summed E-state index contributed by atoms with van der Waals surface area (Å²) in [6, 6.07) is 6.92. The zero-order valence-corrected chi connectivity index (χ0v) is 9.74. The SMILES string of the molecule is CC(Br)C(=O)Nc1cccc(NC=O)c1. The van der Waals surface area contributed by atoms with Gasteiger partial charge in [-0.2, -0.15) is 0 Å². The molecule has 0 aliphatic heterocycles. The fourth-order valence-corrected chi connectivity index (χ4v) is 1.11. The Bertz CT molecular complexity index is 366. The summed E-state index contributed by atoms with van der Waals surface area (Å²) in [6.07, 6.45) is 0.591. The molecule has 0 aliphatic carbocycles. The summed E-state index contributed by atoms with van der Waals surface area (Å²) < 4.78 is 0. The molecule has 2 N–H and O–H groups in total. The number of rotatable bonds is 4. The van der Waals surface area contributed by atoms with E-state index >= 15 is 0 Å². The Kier molecular flexibility index (Phi) is 4.30. The number of halogens is 1. The summed E-state index contributed by atoms with van der Waals surface area (Å²) in [5.41, 5.74) is 1.29. The molecule has 1 atom stereocenters. The number of alkyl halides is 1. The second kappa shape index (κ2) is 5.50. The molecule has 0 aliphatic rings. The Labute approximate surface area is 96.2 Å². The Morgan fingerprint density at radius 2 is 2.13 bits per heavy atom. The third-order valence-corrected chi connectivity index (χ3v) is 2.13. The Balaban J connectivity index is 2.73. The molecule has 5 heteroatoms. The van der Waals surface area contributed by atoms with Gasteiger partial charge in [0.1, 0.15) is 0 Å². The third-order valence-electron chi connectivity index (χ3n) is 1.72. The van der Waals surface area contributed by atoms with Crippen LogP contribution in [0.5, 0.6) is 0 Å². The maximum atomic E-state index is 11.3. The van der Waals surface area contributed by atoms with Gasteiger partial charge in [-0.3, -0.25) is 9.59 Å². The number of benzene rings is 1. The molecule has 0 spiro atoms. The van der Waals surface area contributed by atoms with Gasteiger partial charge in [0, 0.05) is 11.4 Å². The van der Waals surface area contributed by atoms with E-state index in [0.29, 0.717) is 17.8 Å². The lowest BCUT2D eigenvalue weighted by Gasteiger charge is -2.07. The van der Waals surface area contributed by atoms with Crippen molar-refractivity contribution in [2.75, 3.05) is 10.6 Å². The Hall–Kier alpha value is -1.36. The molecule has 0 aromatic heterocycles. The molecule has 0 saturated heterocycles. The van der Waals surface area contributed by atoms with Gasteiger partial charge in [-0.15, -0.1) is 0 Å². The van der Waals surface area contributed by atoms with Crippen LogP contribution in [-0.4, -0.2) is 17.1 Å². The number of hydrogen-bond donors (Lipinski definition) is 2. The van der Waals surface area contributed by atoms with Crippen LogP contribution < -0.4 is 10.6 Å². The predicted octanol–water partition coefficient (Wildman–Crippen LogP) is 1.98. The lowest BCUT2D eigenvalue weighted by atomic mass is 10.2. The van der Waals surface area contributed by atoms with Crippen molar-refractivity contribution in [1.82, 2.24) is 0 Å². The quantitative estimate of drug-likeness (QED) is 0.649. The average Bonchev–Trinajstić information content (AvgIpc) is 2.18. The van der Waals surface area contributed by atoms with Gasteiger partial charge in [0.25, 0.3) is 0 Å². The molecule has 15 heavy (non-hydrogen) atoms. The van der Waals surface area contributed by atoms with Gasteiger partial charge >= 0.3 is 0 Å². The molecule has 1 rings (SSSR count). The number of nitrogens with one attached hydrogen (secondary N) is 2. The van der Waals surface area contributed by atoms with Crippen molar-refractivity contribution in [3.05, 3.63) is 24.3 Å². The zero-order chi connectivity index (χ0) is 11.3. The van der Waals surface area contributed by atoms with Crippen molar-refractivity contribution < 1.29 is 9.59 Å². The van der Waals surface area contributed by atoms with Crippen molar-refractivity contribution >= 4 is 39.6 Å². The second-order valence-electron chi connectivity index (χ2n) is 2.95. The van der Waals surface area contributed by atoms with Crippen molar-refractivity contribution in [1.29, 1.82) is 0 Å². The van der Waals surface area contributed by atoms with E-state index in [1.54, 1.807) is 31.2 Å². The van der Waals surface area contributed by atoms with E-state index in [2.05, 4.69) is 26.6 Å². The zero-order valence-electron chi connectivity index (χ0n) is 8.16. The highest BCUT2D eigenvalue weighted by Crippen LogP contribution is 2.15. The first-order chi connectivity index (χ1) is 7.13. The van der Waals surface area contributed by atoms with Crippen LogP contribution in [0.3, 0.4) is 0 Å². The van der Waals surface area contributed by atoms with E-state index < -0.39 is 0 Å². The first-order valence-electron chi connectivity index (χ1n) is 4.38. The molecular weight excluding hydrogens is 260 g/mol. The first-order valence-corrected chi connectivity index (χ1v) is 5.30. The van der Waals surface area contributed by atoms with Crippen molar-refractivity contribution in [3.8, 4) is 0 Å². The van der Waals surface area contributed by atoms with Gasteiger partial charge in [0.2, 0.25) is 12.3 Å². The number of carbonyl (C=O) groups is 2. The molecule has 0 bridgehead atoms. The van der Waals surface area contributed by atoms with Crippen LogP contribution in [0.15, 0.2) is 24.3 Å². The molecule has 0 saturated carbocycles. The predicted molar refractivity (Wildman–Crippen MR) is 63.1 cm³/mol. The Morgan fingerprint density at radius 1 is 1.47 bits per heavy atom. The summed E-state index contributed by atoms with van der Waals surface area (Å²) >= 11 is 3.16. The largest absolute Gasteiger partial charge is 0.329 e. The molecule has 0 heterocycles. The fourth-order valence-electron chi connectivity index (χ4n) is 0.996. The normalized spacial score (nSPS) is 11.6. The Morgan fingerprint density at radius 3 is 2.73 bits per heavy atom. The molecular formula is C10H11BrN2O2. The summed E-state index contributed by atoms with van der Waals surface area (Å²) in [5.74, 6) is -0.127. The van der Waals surface area contributed by atoms with E-state index in [4.69, 9.17) is 0 Å². The van der Waals surface area contributed by atoms with Crippen LogP contribution in [0.4, 0.5) is 11.4 Å². The highest BCUT2D eigenvalue weighted by molar-refractivity contribution is 9.10. The van der Waals surface area contributed by atoms with Crippen LogP contribution >= 0.6 is 15.9 Å². The van der Waals surface area contributed by atoms with Crippen molar-refractivity contribution in [2.45, 2.75) is 11.8 Å². The average molecular weight is 271 g/mol. The third kappa shape index (κ3) is 3.71. The monoisotopic (exact) mass is 270 g/mol. The van der Waals surface area contributed by atoms with Crippen LogP contribution in [0.2, 0.25) is 0 Å². The maximum absolute atomic E-state index is 11.3. The molecule has 80 valence electrons. The van der Waals surface area contributed by atoms with Crippen LogP contribution in [0.25, 0.3) is 0 Å². The standard InChI is InChI=1S/C10H11BrN2O2/c1-7(11)10(15)13-9-4-2-3-8(5-9)12-6-14/h2-7H,1H3,(H,12,14)(H,13,15). The summed E-state index contributed by atoms with van der Waals surface area (Å²) in [4.78, 5) is 21.3. The summed E-state index contributed by atoms with van der Waals surface area (Å²) in [6.45, 7) is 1.74. The molecule has 1 unspecified atom stereocenters. The first kappa shape index (κ1) is 11.7. The molecule has 0 fully saturated rings. The van der Waals surface area contributed by atoms with Crippen LogP contribution in [0, 0.1) is 0 Å². The van der Waals surface area contributed by atoms with E-state index in [0.717, 1.165) is 0 Å². The van der Waals surface area contributed by atoms with Gasteiger partial charge in [-0.1, -0.05) is 22.0 Å². The minimum atomic E-state index is -0.250. The minimum absolute atomic E-state index is 0.127. The van der Waals surface area contributed by atoms with Gasteiger partial charge in [0.05, 0.1) is 4.83 Å². The lowest BCUT2D eigenvalue weighted by molar-refractivity contribution is -0.115. The molecule has 0 radical (unpaired) electrons. The summed E-state index contributed by atoms with van der Waals surface area (Å²) in [5, 5.41) is 5.21. The number of amides is 2. The molecule has 1 aromatic carbocycles. The molecule has 2 amide bonds. The maximum Gasteiger partial charge on any atom is 0.237 e. The minimum Gasteiger partial charge on any atom is -0.329 e. The van der Waals surface area contributed by atoms with Crippen molar-refractivity contribution in [3.63, 3.8) is 0 Å². The van der Waals surface area contributed by atoms with E-state index in [1.165, 1.54) is 0 Å². The van der Waals surface area contributed by atoms with Crippen molar-refractivity contribution in [2.24, 2.45) is 0 Å². The smallest absolute Gasteiger partial charge is 0.237 e. The van der Waals surface area contributed by atoms with Gasteiger partial charge in [-0.05, 0) is 25.1 Å². The van der Waals surface area contributed by atoms with Gasteiger partial charge in [0.15, 0.2) is 0 Å². The van der Waals surface area contributed by atoms with Crippen LogP contribution in [0.1, 0.15) is 6.92 Å². The van der Waals surface area contributed by atoms with E-state index in [-0.39, 0.29) is 10.7 Å². The highest BCUT2D eigenvalue weighted by atomic mass is 79.9. The molecule has 4 nitrogen and oxygen atoms in total. The topological polar surface area (TPSA) is 58.2 Å². The fraction of sp³-hybridized carbons (Fsp3) is 0.200. The number of hydrogen-bond acceptors (Lipinski definition) is 2. The second-order valence-corrected chi connectivity index (χ2v) is 4.32. The van der Waals surface area contributed by atoms with E-state index in [9.17, 15) is 9.59 Å². The number of carbonyl (C=O) groups excluding carboxylic acids is 2. The number of anilines is 2. The summed E-state index contributed by atoms with van der Waals surface area (Å²) in [7, 11) is 0. The van der Waals surface area contributed by atoms with Gasteiger partial charge < -0.3 is 10.6 Å². The van der Waals surface area contributed by atoms with Crippen LogP contribution in [-0.2, 0) is 9.59 Å². The lowest BCUT2D eigenvalue weighted by Crippen LogP contribution is -2.19. The molecule has 1 aromatic rings. The van der Waals surface area contributed by atoms with Gasteiger partial charge in [-0.25, -0.2) is 0 Å². The highest BCUT2D eigenvalue weighted by Gasteiger charge is 2.08. The van der Waals surface area contributed by atoms with E-state index in [1.807, 2.05) is 0 Å².